The maximum absolute atomic E-state index is 13.2. The molecule has 1 aromatic carbocycles. The summed E-state index contributed by atoms with van der Waals surface area (Å²) in [6.07, 6.45) is 5.01. The quantitative estimate of drug-likeness (QED) is 0.601. The monoisotopic (exact) mass is 485 g/mol. The fraction of sp³-hybridized carbons (Fsp3) is 0.714. The Labute approximate surface area is 190 Å². The van der Waals surface area contributed by atoms with Crippen LogP contribution in [0.4, 0.5) is 0 Å². The molecule has 4 aliphatic rings. The van der Waals surface area contributed by atoms with Crippen LogP contribution in [0.15, 0.2) is 12.1 Å². The van der Waals surface area contributed by atoms with Crippen LogP contribution in [0.1, 0.15) is 42.9 Å². The van der Waals surface area contributed by atoms with Crippen LogP contribution in [-0.2, 0) is 26.5 Å². The molecule has 5 rings (SSSR count). The van der Waals surface area contributed by atoms with Crippen molar-refractivity contribution >= 4 is 20.0 Å². The maximum Gasteiger partial charge on any atom is 0.231 e. The molecule has 0 aromatic heterocycles. The lowest BCUT2D eigenvalue weighted by Crippen LogP contribution is -2.57. The fourth-order valence-electron chi connectivity index (χ4n) is 5.77. The molecule has 1 N–H and O–H groups in total. The Morgan fingerprint density at radius 1 is 1.12 bits per heavy atom. The molecule has 9 nitrogen and oxygen atoms in total. The number of hydrogen-bond acceptors (Lipinski definition) is 7. The predicted octanol–water partition coefficient (Wildman–Crippen LogP) is 1.07. The van der Waals surface area contributed by atoms with E-state index in [1.54, 1.807) is 4.31 Å². The van der Waals surface area contributed by atoms with Crippen LogP contribution >= 0.6 is 0 Å². The third-order valence-electron chi connectivity index (χ3n) is 7.20. The Kier molecular flexibility index (Phi) is 5.90. The minimum Gasteiger partial charge on any atom is -0.454 e. The lowest BCUT2D eigenvalue weighted by molar-refractivity contribution is 0.0219. The second-order valence-electron chi connectivity index (χ2n) is 9.32. The van der Waals surface area contributed by atoms with E-state index in [0.717, 1.165) is 56.5 Å². The molecule has 0 spiro atoms. The van der Waals surface area contributed by atoms with E-state index in [-0.39, 0.29) is 37.6 Å². The van der Waals surface area contributed by atoms with Gasteiger partial charge in [0, 0.05) is 38.3 Å². The lowest BCUT2D eigenvalue weighted by Gasteiger charge is -2.51. The molecule has 0 radical (unpaired) electrons. The zero-order valence-electron chi connectivity index (χ0n) is 18.3. The average Bonchev–Trinajstić information content (AvgIpc) is 3.20. The summed E-state index contributed by atoms with van der Waals surface area (Å²) in [5.74, 6) is 1.87. The molecule has 0 unspecified atom stereocenters. The van der Waals surface area contributed by atoms with Gasteiger partial charge in [0.1, 0.15) is 0 Å². The minimum absolute atomic E-state index is 0.0192. The van der Waals surface area contributed by atoms with E-state index in [0.29, 0.717) is 12.5 Å². The van der Waals surface area contributed by atoms with Crippen molar-refractivity contribution in [3.05, 3.63) is 23.3 Å². The standard InChI is InChI=1S/C21H31N3O6S2/c1-31(25,26)22-6-3-9-32(27,28)24-7-2-4-16-13-23-8-5-15-10-20-21(30-14-29-20)11-17(15)19(23)12-18(16)24/h10-11,16,18-19,22H,2-9,12-14H2,1H3/t16-,18+,19-/m0/s1. The van der Waals surface area contributed by atoms with Crippen molar-refractivity contribution in [1.29, 1.82) is 0 Å². The summed E-state index contributed by atoms with van der Waals surface area (Å²) >= 11 is 0. The first-order chi connectivity index (χ1) is 15.2. The van der Waals surface area contributed by atoms with Gasteiger partial charge in [-0.05, 0) is 61.3 Å². The van der Waals surface area contributed by atoms with Gasteiger partial charge in [0.2, 0.25) is 26.8 Å². The lowest BCUT2D eigenvalue weighted by atomic mass is 9.77. The van der Waals surface area contributed by atoms with E-state index < -0.39 is 20.0 Å². The van der Waals surface area contributed by atoms with E-state index in [1.165, 1.54) is 11.1 Å². The Balaban J connectivity index is 1.34. The number of ether oxygens (including phenoxy) is 2. The summed E-state index contributed by atoms with van der Waals surface area (Å²) < 4.78 is 64.2. The summed E-state index contributed by atoms with van der Waals surface area (Å²) in [5, 5.41) is 0. The highest BCUT2D eigenvalue weighted by Gasteiger charge is 2.46. The van der Waals surface area contributed by atoms with E-state index in [2.05, 4.69) is 21.8 Å². The normalized spacial score (nSPS) is 28.1. The van der Waals surface area contributed by atoms with E-state index in [9.17, 15) is 16.8 Å². The van der Waals surface area contributed by atoms with Crippen LogP contribution < -0.4 is 14.2 Å². The van der Waals surface area contributed by atoms with E-state index in [4.69, 9.17) is 9.47 Å². The highest BCUT2D eigenvalue weighted by Crippen LogP contribution is 2.46. The number of benzene rings is 1. The highest BCUT2D eigenvalue weighted by atomic mass is 32.2. The third kappa shape index (κ3) is 4.37. The molecule has 3 atom stereocenters. The van der Waals surface area contributed by atoms with Gasteiger partial charge >= 0.3 is 0 Å². The molecule has 11 heteroatoms. The number of hydrogen-bond donors (Lipinski definition) is 1. The van der Waals surface area contributed by atoms with Crippen LogP contribution in [0.5, 0.6) is 11.5 Å². The molecule has 0 aliphatic carbocycles. The summed E-state index contributed by atoms with van der Waals surface area (Å²) in [6, 6.07) is 4.34. The molecule has 178 valence electrons. The summed E-state index contributed by atoms with van der Waals surface area (Å²) in [4.78, 5) is 2.51. The predicted molar refractivity (Wildman–Crippen MR) is 120 cm³/mol. The molecule has 0 amide bonds. The number of rotatable bonds is 6. The molecule has 1 aromatic rings. The zero-order chi connectivity index (χ0) is 22.5. The van der Waals surface area contributed by atoms with Gasteiger partial charge in [-0.25, -0.2) is 21.6 Å². The topological polar surface area (TPSA) is 105 Å². The van der Waals surface area contributed by atoms with Crippen molar-refractivity contribution < 1.29 is 26.3 Å². The minimum atomic E-state index is -3.46. The number of fused-ring (bicyclic) bond motifs is 5. The summed E-state index contributed by atoms with van der Waals surface area (Å²) in [7, 11) is -6.78. The van der Waals surface area contributed by atoms with Crippen molar-refractivity contribution in [3.8, 4) is 11.5 Å². The van der Waals surface area contributed by atoms with Crippen LogP contribution in [0.2, 0.25) is 0 Å². The first-order valence-electron chi connectivity index (χ1n) is 11.3. The van der Waals surface area contributed by atoms with Gasteiger partial charge < -0.3 is 9.47 Å². The summed E-state index contributed by atoms with van der Waals surface area (Å²) in [6.45, 7) is 2.81. The van der Waals surface area contributed by atoms with Crippen molar-refractivity contribution in [2.45, 2.75) is 44.2 Å². The van der Waals surface area contributed by atoms with Crippen LogP contribution in [0.25, 0.3) is 0 Å². The van der Waals surface area contributed by atoms with Crippen LogP contribution in [0, 0.1) is 5.92 Å². The van der Waals surface area contributed by atoms with Crippen molar-refractivity contribution in [2.24, 2.45) is 5.92 Å². The Morgan fingerprint density at radius 3 is 2.69 bits per heavy atom. The highest BCUT2D eigenvalue weighted by molar-refractivity contribution is 7.89. The molecule has 2 fully saturated rings. The van der Waals surface area contributed by atoms with E-state index in [1.807, 2.05) is 0 Å². The third-order valence-corrected chi connectivity index (χ3v) is 9.91. The molecule has 0 bridgehead atoms. The number of piperidine rings is 2. The van der Waals surface area contributed by atoms with Gasteiger partial charge in [0.15, 0.2) is 11.5 Å². The van der Waals surface area contributed by atoms with Crippen LogP contribution in [-0.4, -0.2) is 77.1 Å². The second-order valence-corrected chi connectivity index (χ2v) is 13.2. The van der Waals surface area contributed by atoms with Gasteiger partial charge in [-0.15, -0.1) is 0 Å². The maximum atomic E-state index is 13.2. The summed E-state index contributed by atoms with van der Waals surface area (Å²) in [5.41, 5.74) is 2.50. The van der Waals surface area contributed by atoms with Crippen molar-refractivity contribution in [3.63, 3.8) is 0 Å². The first-order valence-corrected chi connectivity index (χ1v) is 14.8. The molecule has 4 heterocycles. The van der Waals surface area contributed by atoms with Gasteiger partial charge in [-0.3, -0.25) is 4.90 Å². The smallest absolute Gasteiger partial charge is 0.231 e. The molecule has 32 heavy (non-hydrogen) atoms. The second kappa shape index (κ2) is 8.43. The largest absolute Gasteiger partial charge is 0.454 e. The average molecular weight is 486 g/mol. The fourth-order valence-corrected chi connectivity index (χ4v) is 8.10. The van der Waals surface area contributed by atoms with Gasteiger partial charge in [-0.2, -0.15) is 4.31 Å². The SMILES string of the molecule is CS(=O)(=O)NCCCS(=O)(=O)N1CCC[C@H]2CN3CCc4cc5c(cc4[C@@H]3C[C@H]21)OCO5. The Bertz CT molecular complexity index is 1090. The van der Waals surface area contributed by atoms with Gasteiger partial charge in [0.25, 0.3) is 0 Å². The molecule has 0 saturated carbocycles. The number of nitrogens with zero attached hydrogens (tertiary/aromatic N) is 2. The molecular formula is C21H31N3O6S2. The van der Waals surface area contributed by atoms with Gasteiger partial charge in [-0.1, -0.05) is 0 Å². The van der Waals surface area contributed by atoms with Gasteiger partial charge in [0.05, 0.1) is 12.0 Å². The Hall–Kier alpha value is -1.40. The first kappa shape index (κ1) is 22.4. The van der Waals surface area contributed by atoms with E-state index >= 15 is 0 Å². The number of nitrogens with one attached hydrogen (secondary N) is 1. The van der Waals surface area contributed by atoms with Crippen LogP contribution in [0.3, 0.4) is 0 Å². The van der Waals surface area contributed by atoms with Crippen molar-refractivity contribution in [2.75, 3.05) is 45.0 Å². The Morgan fingerprint density at radius 2 is 1.91 bits per heavy atom. The molecule has 2 saturated heterocycles. The molecular weight excluding hydrogens is 454 g/mol. The molecule has 4 aliphatic heterocycles. The van der Waals surface area contributed by atoms with Crippen molar-refractivity contribution in [1.82, 2.24) is 13.9 Å². The number of sulfonamides is 2. The zero-order valence-corrected chi connectivity index (χ0v) is 20.0.